The Balaban J connectivity index is 2.19. The minimum Gasteiger partial charge on any atom is -0.481 e. The molecule has 1 aromatic carbocycles. The molecule has 0 radical (unpaired) electrons. The van der Waals surface area contributed by atoms with Crippen LogP contribution in [0, 0.1) is 23.7 Å². The number of allylic oxidation sites excluding steroid dienone is 1. The summed E-state index contributed by atoms with van der Waals surface area (Å²) in [7, 11) is 0. The average Bonchev–Trinajstić information content (AvgIpc) is 3.05. The van der Waals surface area contributed by atoms with Gasteiger partial charge in [0.15, 0.2) is 0 Å². The first-order chi connectivity index (χ1) is 10.2. The molecule has 2 rings (SSSR count). The van der Waals surface area contributed by atoms with Crippen molar-refractivity contribution in [3.05, 3.63) is 57.8 Å². The lowest BCUT2D eigenvalue weighted by Crippen LogP contribution is -1.99. The van der Waals surface area contributed by atoms with E-state index < -0.39 is 0 Å². The highest BCUT2D eigenvalue weighted by atomic mass is 32.1. The monoisotopic (exact) mass is 293 g/mol. The summed E-state index contributed by atoms with van der Waals surface area (Å²) in [5, 5.41) is 11.0. The van der Waals surface area contributed by atoms with Crippen molar-refractivity contribution in [2.24, 2.45) is 0 Å². The Morgan fingerprint density at radius 2 is 2.10 bits per heavy atom. The third kappa shape index (κ3) is 3.82. The summed E-state index contributed by atoms with van der Waals surface area (Å²) in [4.78, 5) is 12.7. The van der Waals surface area contributed by atoms with Crippen LogP contribution in [0.2, 0.25) is 0 Å². The molecule has 21 heavy (non-hydrogen) atoms. The lowest BCUT2D eigenvalue weighted by Gasteiger charge is -2.02. The van der Waals surface area contributed by atoms with E-state index in [2.05, 4.69) is 5.92 Å². The van der Waals surface area contributed by atoms with Crippen molar-refractivity contribution in [3.63, 3.8) is 0 Å². The number of carbonyl (C=O) groups excluding carboxylic acids is 1. The largest absolute Gasteiger partial charge is 0.481 e. The minimum atomic E-state index is -0.264. The molecule has 0 aliphatic rings. The van der Waals surface area contributed by atoms with Gasteiger partial charge in [0.05, 0.1) is 4.88 Å². The van der Waals surface area contributed by atoms with Crippen LogP contribution in [0.25, 0.3) is 6.08 Å². The Labute approximate surface area is 127 Å². The van der Waals surface area contributed by atoms with E-state index in [0.717, 1.165) is 5.56 Å². The topological polar surface area (TPSA) is 50.1 Å². The van der Waals surface area contributed by atoms with Gasteiger partial charge in [0.25, 0.3) is 0 Å². The van der Waals surface area contributed by atoms with Crippen LogP contribution in [-0.4, -0.2) is 12.4 Å². The minimum absolute atomic E-state index is 0.106. The fourth-order valence-corrected chi connectivity index (χ4v) is 2.32. The van der Waals surface area contributed by atoms with E-state index in [1.54, 1.807) is 47.9 Å². The Kier molecular flexibility index (Phi) is 4.93. The number of thiophene rings is 1. The molecule has 1 aromatic heterocycles. The summed E-state index contributed by atoms with van der Waals surface area (Å²) in [6.45, 7) is 0.204. The zero-order valence-electron chi connectivity index (χ0n) is 11.1. The van der Waals surface area contributed by atoms with Crippen molar-refractivity contribution in [2.45, 2.75) is 0 Å². The molecule has 102 valence electrons. The van der Waals surface area contributed by atoms with Crippen molar-refractivity contribution < 1.29 is 9.53 Å². The number of ether oxygens (including phenoxy) is 1. The van der Waals surface area contributed by atoms with E-state index in [1.807, 2.05) is 6.07 Å². The number of nitrogens with zero attached hydrogens (tertiary/aromatic N) is 1. The molecule has 0 aliphatic heterocycles. The molecule has 0 spiro atoms. The van der Waals surface area contributed by atoms with Crippen molar-refractivity contribution in [2.75, 3.05) is 6.61 Å². The Hall–Kier alpha value is -2.82. The summed E-state index contributed by atoms with van der Waals surface area (Å²) in [6.07, 6.45) is 6.68. The van der Waals surface area contributed by atoms with Crippen molar-refractivity contribution in [3.8, 4) is 24.2 Å². The highest BCUT2D eigenvalue weighted by Gasteiger charge is 2.12. The first kappa shape index (κ1) is 14.6. The summed E-state index contributed by atoms with van der Waals surface area (Å²) in [6, 6.07) is 12.5. The maximum absolute atomic E-state index is 12.1. The molecule has 1 heterocycles. The first-order valence-electron chi connectivity index (χ1n) is 6.11. The first-order valence-corrected chi connectivity index (χ1v) is 6.99. The van der Waals surface area contributed by atoms with E-state index in [0.29, 0.717) is 10.6 Å². The second-order valence-corrected chi connectivity index (χ2v) is 4.99. The molecule has 0 unspecified atom stereocenters. The van der Waals surface area contributed by atoms with Gasteiger partial charge in [-0.25, -0.2) is 0 Å². The highest BCUT2D eigenvalue weighted by molar-refractivity contribution is 7.12. The number of rotatable bonds is 5. The van der Waals surface area contributed by atoms with Crippen LogP contribution in [0.4, 0.5) is 0 Å². The zero-order chi connectivity index (χ0) is 15.1. The van der Waals surface area contributed by atoms with E-state index in [4.69, 9.17) is 16.4 Å². The molecule has 0 aliphatic carbocycles. The quantitative estimate of drug-likeness (QED) is 0.366. The van der Waals surface area contributed by atoms with E-state index in [-0.39, 0.29) is 18.0 Å². The van der Waals surface area contributed by atoms with Crippen LogP contribution in [0.5, 0.6) is 5.75 Å². The molecule has 0 saturated heterocycles. The number of hydrogen-bond donors (Lipinski definition) is 0. The molecule has 0 N–H and O–H groups in total. The molecular formula is C17H11NO2S. The Bertz CT molecular complexity index is 729. The lowest BCUT2D eigenvalue weighted by molar-refractivity contribution is 0.104. The van der Waals surface area contributed by atoms with Gasteiger partial charge >= 0.3 is 0 Å². The third-order valence-electron chi connectivity index (χ3n) is 2.62. The van der Waals surface area contributed by atoms with Crippen LogP contribution in [0.15, 0.2) is 47.4 Å². The fourth-order valence-electron chi connectivity index (χ4n) is 1.64. The van der Waals surface area contributed by atoms with Crippen molar-refractivity contribution in [1.29, 1.82) is 5.26 Å². The second-order valence-electron chi connectivity index (χ2n) is 4.04. The summed E-state index contributed by atoms with van der Waals surface area (Å²) < 4.78 is 5.26. The van der Waals surface area contributed by atoms with Gasteiger partial charge < -0.3 is 4.74 Å². The fraction of sp³-hybridized carbons (Fsp3) is 0.0588. The zero-order valence-corrected chi connectivity index (χ0v) is 11.9. The van der Waals surface area contributed by atoms with E-state index >= 15 is 0 Å². The van der Waals surface area contributed by atoms with Gasteiger partial charge in [-0.05, 0) is 35.2 Å². The van der Waals surface area contributed by atoms with Gasteiger partial charge in [0.1, 0.15) is 24.0 Å². The summed E-state index contributed by atoms with van der Waals surface area (Å²) in [5.41, 5.74) is 0.860. The SMILES string of the molecule is C#CCOc1ccc(C=C(C#N)C(=O)c2cccs2)cc1. The van der Waals surface area contributed by atoms with Crippen molar-refractivity contribution in [1.82, 2.24) is 0 Å². The van der Waals surface area contributed by atoms with Gasteiger partial charge in [0.2, 0.25) is 5.78 Å². The average molecular weight is 293 g/mol. The van der Waals surface area contributed by atoms with Crippen LogP contribution < -0.4 is 4.74 Å². The number of nitriles is 1. The number of Topliss-reactive ketones (excluding diaryl/α,β-unsaturated/α-hetero) is 1. The third-order valence-corrected chi connectivity index (χ3v) is 3.49. The van der Waals surface area contributed by atoms with E-state index in [9.17, 15) is 4.79 Å². The van der Waals surface area contributed by atoms with Gasteiger partial charge in [-0.1, -0.05) is 24.1 Å². The molecule has 3 nitrogen and oxygen atoms in total. The molecule has 0 fully saturated rings. The summed E-state index contributed by atoms with van der Waals surface area (Å²) in [5.74, 6) is 2.76. The number of ketones is 1. The van der Waals surface area contributed by atoms with Crippen LogP contribution in [0.3, 0.4) is 0 Å². The van der Waals surface area contributed by atoms with Gasteiger partial charge in [-0.3, -0.25) is 4.79 Å². The molecule has 0 amide bonds. The molecule has 0 saturated carbocycles. The molecule has 4 heteroatoms. The maximum Gasteiger partial charge on any atom is 0.213 e. The van der Waals surface area contributed by atoms with Crippen LogP contribution >= 0.6 is 11.3 Å². The number of hydrogen-bond acceptors (Lipinski definition) is 4. The van der Waals surface area contributed by atoms with Gasteiger partial charge in [-0.2, -0.15) is 5.26 Å². The standard InChI is InChI=1S/C17H11NO2S/c1-2-9-20-15-7-5-13(6-8-15)11-14(12-18)17(19)16-4-3-10-21-16/h1,3-8,10-11H,9H2. The van der Waals surface area contributed by atoms with Crippen LogP contribution in [-0.2, 0) is 0 Å². The predicted molar refractivity (Wildman–Crippen MR) is 83.0 cm³/mol. The van der Waals surface area contributed by atoms with Gasteiger partial charge in [0, 0.05) is 0 Å². The molecule has 2 aromatic rings. The molecular weight excluding hydrogens is 282 g/mol. The number of carbonyl (C=O) groups is 1. The van der Waals surface area contributed by atoms with Crippen molar-refractivity contribution >= 4 is 23.2 Å². The van der Waals surface area contributed by atoms with E-state index in [1.165, 1.54) is 11.3 Å². The van der Waals surface area contributed by atoms with Gasteiger partial charge in [-0.15, -0.1) is 17.8 Å². The molecule has 0 bridgehead atoms. The maximum atomic E-state index is 12.1. The lowest BCUT2D eigenvalue weighted by atomic mass is 10.1. The van der Waals surface area contributed by atoms with Crippen LogP contribution in [0.1, 0.15) is 15.2 Å². The Morgan fingerprint density at radius 3 is 2.67 bits per heavy atom. The molecule has 0 atom stereocenters. The predicted octanol–water partition coefficient (Wildman–Crippen LogP) is 3.55. The Morgan fingerprint density at radius 1 is 1.33 bits per heavy atom. The normalized spacial score (nSPS) is 10.5. The highest BCUT2D eigenvalue weighted by Crippen LogP contribution is 2.18. The number of terminal acetylenes is 1. The second kappa shape index (κ2) is 7.09. The smallest absolute Gasteiger partial charge is 0.213 e. The number of benzene rings is 1. The summed E-state index contributed by atoms with van der Waals surface area (Å²) >= 11 is 1.32.